The second-order valence-corrected chi connectivity index (χ2v) is 5.91. The molecule has 126 valence electrons. The summed E-state index contributed by atoms with van der Waals surface area (Å²) in [6, 6.07) is 17.8. The molecule has 0 spiro atoms. The first kappa shape index (κ1) is 15.4. The summed E-state index contributed by atoms with van der Waals surface area (Å²) in [6.45, 7) is 5.00. The molecule has 0 radical (unpaired) electrons. The number of anilines is 1. The van der Waals surface area contributed by atoms with Crippen LogP contribution in [0.1, 0.15) is 25.5 Å². The van der Waals surface area contributed by atoms with Crippen LogP contribution in [0.3, 0.4) is 0 Å². The van der Waals surface area contributed by atoms with E-state index in [2.05, 4.69) is 46.4 Å². The molecule has 1 aromatic heterocycles. The van der Waals surface area contributed by atoms with E-state index in [0.717, 1.165) is 35.3 Å². The van der Waals surface area contributed by atoms with Crippen LogP contribution in [0, 0.1) is 0 Å². The average Bonchev–Trinajstić information content (AvgIpc) is 3.11. The van der Waals surface area contributed by atoms with Gasteiger partial charge in [0.1, 0.15) is 17.5 Å². The molecule has 25 heavy (non-hydrogen) atoms. The Kier molecular flexibility index (Phi) is 3.93. The lowest BCUT2D eigenvalue weighted by Crippen LogP contribution is -2.30. The van der Waals surface area contributed by atoms with Gasteiger partial charge in [-0.25, -0.2) is 0 Å². The van der Waals surface area contributed by atoms with E-state index in [1.807, 2.05) is 53.2 Å². The number of ether oxygens (including phenoxy) is 1. The Morgan fingerprint density at radius 3 is 2.64 bits per heavy atom. The molecule has 6 nitrogen and oxygen atoms in total. The molecular weight excluding hydrogens is 314 g/mol. The Morgan fingerprint density at radius 1 is 1.04 bits per heavy atom. The molecule has 6 heteroatoms. The molecule has 0 saturated heterocycles. The lowest BCUT2D eigenvalue weighted by atomic mass is 10.0. The molecule has 1 atom stereocenters. The van der Waals surface area contributed by atoms with Gasteiger partial charge in [-0.1, -0.05) is 35.4 Å². The number of hydrogen-bond acceptors (Lipinski definition) is 5. The van der Waals surface area contributed by atoms with Crippen molar-refractivity contribution in [1.29, 1.82) is 0 Å². The number of para-hydroxylation sites is 1. The van der Waals surface area contributed by atoms with Crippen LogP contribution in [0.5, 0.6) is 11.5 Å². The van der Waals surface area contributed by atoms with E-state index in [0.29, 0.717) is 0 Å². The van der Waals surface area contributed by atoms with Gasteiger partial charge >= 0.3 is 0 Å². The Hall–Kier alpha value is -3.15. The molecule has 2 aromatic carbocycles. The summed E-state index contributed by atoms with van der Waals surface area (Å²) in [4.78, 5) is 2.10. The summed E-state index contributed by atoms with van der Waals surface area (Å²) in [5.74, 6) is 2.37. The summed E-state index contributed by atoms with van der Waals surface area (Å²) < 4.78 is 7.80. The molecule has 0 saturated carbocycles. The highest BCUT2D eigenvalue weighted by molar-refractivity contribution is 5.46. The quantitative estimate of drug-likeness (QED) is 0.727. The summed E-state index contributed by atoms with van der Waals surface area (Å²) in [7, 11) is 0. The van der Waals surface area contributed by atoms with Crippen molar-refractivity contribution in [2.45, 2.75) is 19.9 Å². The van der Waals surface area contributed by atoms with Gasteiger partial charge in [0.15, 0.2) is 0 Å². The zero-order valence-corrected chi connectivity index (χ0v) is 14.2. The standard InChI is InChI=1S/C19H19N5O/c1-3-23-14(2)12-18(24-19(23)20-21-22-24)15-8-7-11-17(13-15)25-16-9-5-4-6-10-16/h4-13,18H,3H2,1-2H3. The molecule has 0 amide bonds. The van der Waals surface area contributed by atoms with Crippen molar-refractivity contribution in [3.63, 3.8) is 0 Å². The van der Waals surface area contributed by atoms with Crippen molar-refractivity contribution >= 4 is 5.95 Å². The minimum absolute atomic E-state index is 0.0490. The highest BCUT2D eigenvalue weighted by Crippen LogP contribution is 2.33. The van der Waals surface area contributed by atoms with Gasteiger partial charge in [0.25, 0.3) is 5.95 Å². The van der Waals surface area contributed by atoms with Crippen molar-refractivity contribution in [3.8, 4) is 11.5 Å². The molecular formula is C19H19N5O. The minimum Gasteiger partial charge on any atom is -0.457 e. The summed E-state index contributed by atoms with van der Waals surface area (Å²) in [5, 5.41) is 12.2. The number of nitrogens with zero attached hydrogens (tertiary/aromatic N) is 5. The van der Waals surface area contributed by atoms with E-state index < -0.39 is 0 Å². The number of fused-ring (bicyclic) bond motifs is 1. The number of tetrazole rings is 1. The average molecular weight is 333 g/mol. The van der Waals surface area contributed by atoms with Crippen LogP contribution in [0.2, 0.25) is 0 Å². The van der Waals surface area contributed by atoms with Crippen LogP contribution in [0.4, 0.5) is 5.95 Å². The number of hydrogen-bond donors (Lipinski definition) is 0. The zero-order valence-electron chi connectivity index (χ0n) is 14.2. The molecule has 1 aliphatic heterocycles. The number of rotatable bonds is 4. The third kappa shape index (κ3) is 2.87. The predicted octanol–water partition coefficient (Wildman–Crippen LogP) is 3.80. The van der Waals surface area contributed by atoms with Gasteiger partial charge in [0, 0.05) is 12.2 Å². The molecule has 2 heterocycles. The maximum Gasteiger partial charge on any atom is 0.250 e. The second-order valence-electron chi connectivity index (χ2n) is 5.91. The highest BCUT2D eigenvalue weighted by atomic mass is 16.5. The lowest BCUT2D eigenvalue weighted by molar-refractivity contribution is 0.479. The fourth-order valence-electron chi connectivity index (χ4n) is 3.11. The van der Waals surface area contributed by atoms with Gasteiger partial charge in [-0.05, 0) is 60.2 Å². The molecule has 0 fully saturated rings. The van der Waals surface area contributed by atoms with E-state index in [9.17, 15) is 0 Å². The zero-order chi connectivity index (χ0) is 17.2. The third-order valence-corrected chi connectivity index (χ3v) is 4.30. The second kappa shape index (κ2) is 6.39. The largest absolute Gasteiger partial charge is 0.457 e. The number of benzene rings is 2. The number of aromatic nitrogens is 4. The normalized spacial score (nSPS) is 16.3. The Morgan fingerprint density at radius 2 is 1.84 bits per heavy atom. The van der Waals surface area contributed by atoms with Crippen LogP contribution in [0.15, 0.2) is 66.4 Å². The first-order valence-corrected chi connectivity index (χ1v) is 8.33. The summed E-state index contributed by atoms with van der Waals surface area (Å²) in [5.41, 5.74) is 2.22. The third-order valence-electron chi connectivity index (χ3n) is 4.30. The fourth-order valence-corrected chi connectivity index (χ4v) is 3.11. The van der Waals surface area contributed by atoms with Crippen molar-refractivity contribution in [3.05, 3.63) is 71.9 Å². The maximum absolute atomic E-state index is 5.96. The first-order valence-electron chi connectivity index (χ1n) is 8.33. The van der Waals surface area contributed by atoms with Gasteiger partial charge in [-0.3, -0.25) is 0 Å². The van der Waals surface area contributed by atoms with Gasteiger partial charge in [-0.2, -0.15) is 4.68 Å². The monoisotopic (exact) mass is 333 g/mol. The van der Waals surface area contributed by atoms with Crippen LogP contribution in [0.25, 0.3) is 0 Å². The van der Waals surface area contributed by atoms with Crippen LogP contribution < -0.4 is 9.64 Å². The predicted molar refractivity (Wildman–Crippen MR) is 95.7 cm³/mol. The van der Waals surface area contributed by atoms with Crippen LogP contribution >= 0.6 is 0 Å². The molecule has 1 aliphatic rings. The molecule has 0 N–H and O–H groups in total. The molecule has 0 bridgehead atoms. The van der Waals surface area contributed by atoms with Gasteiger partial charge in [-0.15, -0.1) is 0 Å². The minimum atomic E-state index is -0.0490. The van der Waals surface area contributed by atoms with E-state index in [1.54, 1.807) is 0 Å². The van der Waals surface area contributed by atoms with Crippen molar-refractivity contribution in [2.24, 2.45) is 0 Å². The van der Waals surface area contributed by atoms with Crippen LogP contribution in [-0.2, 0) is 0 Å². The molecule has 0 aliphatic carbocycles. The maximum atomic E-state index is 5.96. The van der Waals surface area contributed by atoms with Crippen molar-refractivity contribution < 1.29 is 4.74 Å². The van der Waals surface area contributed by atoms with Gasteiger partial charge < -0.3 is 9.64 Å². The van der Waals surface area contributed by atoms with E-state index >= 15 is 0 Å². The van der Waals surface area contributed by atoms with Gasteiger partial charge in [0.2, 0.25) is 0 Å². The van der Waals surface area contributed by atoms with E-state index in [-0.39, 0.29) is 6.04 Å². The van der Waals surface area contributed by atoms with E-state index in [4.69, 9.17) is 4.74 Å². The molecule has 1 unspecified atom stereocenters. The smallest absolute Gasteiger partial charge is 0.250 e. The fraction of sp³-hybridized carbons (Fsp3) is 0.211. The number of allylic oxidation sites excluding steroid dienone is 2. The highest BCUT2D eigenvalue weighted by Gasteiger charge is 2.27. The topological polar surface area (TPSA) is 56.1 Å². The van der Waals surface area contributed by atoms with Gasteiger partial charge in [0.05, 0.1) is 0 Å². The first-order chi connectivity index (χ1) is 12.3. The van der Waals surface area contributed by atoms with E-state index in [1.165, 1.54) is 0 Å². The Balaban J connectivity index is 1.69. The van der Waals surface area contributed by atoms with Crippen molar-refractivity contribution in [2.75, 3.05) is 11.4 Å². The summed E-state index contributed by atoms with van der Waals surface area (Å²) in [6.07, 6.45) is 2.18. The summed E-state index contributed by atoms with van der Waals surface area (Å²) >= 11 is 0. The molecule has 3 aromatic rings. The lowest BCUT2D eigenvalue weighted by Gasteiger charge is -2.30. The van der Waals surface area contributed by atoms with Crippen LogP contribution in [-0.4, -0.2) is 26.8 Å². The Bertz CT molecular complexity index is 903. The molecule has 4 rings (SSSR count). The SMILES string of the molecule is CCN1C(C)=CC(c2cccc(Oc3ccccc3)c2)n2nnnc21. The Labute approximate surface area is 146 Å². The van der Waals surface area contributed by atoms with Crippen molar-refractivity contribution in [1.82, 2.24) is 20.2 Å².